The highest BCUT2D eigenvalue weighted by Gasteiger charge is 2.37. The fourth-order valence-electron chi connectivity index (χ4n) is 4.89. The van der Waals surface area contributed by atoms with Crippen molar-refractivity contribution >= 4 is 22.7 Å². The molecule has 0 saturated carbocycles. The minimum Gasteiger partial charge on any atom is -0.467 e. The van der Waals surface area contributed by atoms with Gasteiger partial charge in [-0.05, 0) is 41.0 Å². The average molecular weight is 476 g/mol. The molecule has 0 fully saturated rings. The number of nitrogens with one attached hydrogen (secondary N) is 1. The van der Waals surface area contributed by atoms with Crippen LogP contribution in [0.4, 0.5) is 0 Å². The number of aromatic nitrogens is 1. The Labute approximate surface area is 208 Å². The first-order valence-corrected chi connectivity index (χ1v) is 12.0. The lowest BCUT2D eigenvalue weighted by Gasteiger charge is -2.36. The Balaban J connectivity index is 1.31. The third kappa shape index (κ3) is 4.07. The van der Waals surface area contributed by atoms with Gasteiger partial charge in [0.15, 0.2) is 0 Å². The first kappa shape index (κ1) is 21.9. The number of furan rings is 1. The Morgan fingerprint density at radius 3 is 2.42 bits per heavy atom. The minimum atomic E-state index is -0.649. The van der Waals surface area contributed by atoms with E-state index < -0.39 is 6.04 Å². The molecule has 1 atom stereocenters. The van der Waals surface area contributed by atoms with Crippen molar-refractivity contribution in [3.63, 3.8) is 0 Å². The van der Waals surface area contributed by atoms with E-state index in [-0.39, 0.29) is 18.4 Å². The Morgan fingerprint density at radius 2 is 1.64 bits per heavy atom. The van der Waals surface area contributed by atoms with Crippen molar-refractivity contribution in [2.75, 3.05) is 0 Å². The zero-order chi connectivity index (χ0) is 24.5. The lowest BCUT2D eigenvalue weighted by atomic mass is 10.0. The Morgan fingerprint density at radius 1 is 0.889 bits per heavy atom. The summed E-state index contributed by atoms with van der Waals surface area (Å²) in [6.07, 6.45) is 1.58. The van der Waals surface area contributed by atoms with E-state index in [1.807, 2.05) is 71.3 Å². The first-order valence-electron chi connectivity index (χ1n) is 12.0. The van der Waals surface area contributed by atoms with Crippen LogP contribution in [-0.4, -0.2) is 27.3 Å². The quantitative estimate of drug-likeness (QED) is 0.365. The SMILES string of the molecule is O=C(NCc1ccco1)[C@@H]1Cn2c(cc3ccccc32)C(=O)N1Cc1ccc(-c2ccccc2)cc1. The number of carbonyl (C=O) groups excluding carboxylic acids is 2. The van der Waals surface area contributed by atoms with E-state index in [1.165, 1.54) is 0 Å². The van der Waals surface area contributed by atoms with E-state index in [9.17, 15) is 9.59 Å². The molecule has 6 rings (SSSR count). The van der Waals surface area contributed by atoms with Gasteiger partial charge in [0, 0.05) is 17.4 Å². The highest BCUT2D eigenvalue weighted by molar-refractivity contribution is 6.02. The number of rotatable bonds is 6. The van der Waals surface area contributed by atoms with Gasteiger partial charge in [0.1, 0.15) is 17.5 Å². The highest BCUT2D eigenvalue weighted by atomic mass is 16.3. The maximum Gasteiger partial charge on any atom is 0.271 e. The fourth-order valence-corrected chi connectivity index (χ4v) is 4.89. The van der Waals surface area contributed by atoms with Crippen LogP contribution in [0.5, 0.6) is 0 Å². The summed E-state index contributed by atoms with van der Waals surface area (Å²) in [5, 5.41) is 3.94. The molecule has 2 amide bonds. The van der Waals surface area contributed by atoms with Crippen molar-refractivity contribution in [2.24, 2.45) is 0 Å². The molecule has 1 aliphatic heterocycles. The molecule has 0 saturated heterocycles. The predicted octanol–water partition coefficient (Wildman–Crippen LogP) is 5.24. The van der Waals surface area contributed by atoms with Crippen LogP contribution >= 0.6 is 0 Å². The minimum absolute atomic E-state index is 0.150. The van der Waals surface area contributed by atoms with Crippen LogP contribution in [-0.2, 0) is 24.4 Å². The number of carbonyl (C=O) groups is 2. The monoisotopic (exact) mass is 475 g/mol. The molecule has 3 aromatic carbocycles. The molecule has 6 nitrogen and oxygen atoms in total. The summed E-state index contributed by atoms with van der Waals surface area (Å²) in [5.74, 6) is 0.312. The van der Waals surface area contributed by atoms with E-state index in [4.69, 9.17) is 4.42 Å². The molecule has 0 spiro atoms. The summed E-state index contributed by atoms with van der Waals surface area (Å²) in [5.41, 5.74) is 4.77. The molecule has 36 heavy (non-hydrogen) atoms. The maximum absolute atomic E-state index is 13.7. The normalized spacial score (nSPS) is 15.2. The number of hydrogen-bond donors (Lipinski definition) is 1. The Bertz CT molecular complexity index is 1520. The van der Waals surface area contributed by atoms with Crippen LogP contribution in [0.3, 0.4) is 0 Å². The van der Waals surface area contributed by atoms with Crippen molar-refractivity contribution in [3.8, 4) is 11.1 Å². The third-order valence-corrected chi connectivity index (χ3v) is 6.76. The number of para-hydroxylation sites is 1. The van der Waals surface area contributed by atoms with Crippen molar-refractivity contribution in [1.29, 1.82) is 0 Å². The van der Waals surface area contributed by atoms with Gasteiger partial charge in [-0.1, -0.05) is 72.8 Å². The van der Waals surface area contributed by atoms with Crippen LogP contribution in [0, 0.1) is 0 Å². The van der Waals surface area contributed by atoms with Crippen molar-refractivity contribution in [2.45, 2.75) is 25.7 Å². The molecule has 3 heterocycles. The smallest absolute Gasteiger partial charge is 0.271 e. The van der Waals surface area contributed by atoms with Gasteiger partial charge in [0.05, 0.1) is 19.4 Å². The Kier molecular flexibility index (Phi) is 5.62. The zero-order valence-electron chi connectivity index (χ0n) is 19.6. The van der Waals surface area contributed by atoms with Gasteiger partial charge in [-0.25, -0.2) is 0 Å². The lowest BCUT2D eigenvalue weighted by Crippen LogP contribution is -2.54. The molecule has 0 unspecified atom stereocenters. The maximum atomic E-state index is 13.7. The molecular formula is C30H25N3O3. The fraction of sp³-hybridized carbons (Fsp3) is 0.133. The summed E-state index contributed by atoms with van der Waals surface area (Å²) >= 11 is 0. The first-order chi connectivity index (χ1) is 17.7. The number of hydrogen-bond acceptors (Lipinski definition) is 3. The van der Waals surface area contributed by atoms with Crippen molar-refractivity contribution in [3.05, 3.63) is 120 Å². The topological polar surface area (TPSA) is 67.5 Å². The van der Waals surface area contributed by atoms with Gasteiger partial charge >= 0.3 is 0 Å². The molecular weight excluding hydrogens is 450 g/mol. The predicted molar refractivity (Wildman–Crippen MR) is 138 cm³/mol. The summed E-state index contributed by atoms with van der Waals surface area (Å²) < 4.78 is 7.33. The molecule has 0 aliphatic carbocycles. The van der Waals surface area contributed by atoms with E-state index in [1.54, 1.807) is 17.2 Å². The molecule has 1 aliphatic rings. The summed E-state index contributed by atoms with van der Waals surface area (Å²) in [6, 6.07) is 31.1. The molecule has 0 bridgehead atoms. The van der Waals surface area contributed by atoms with E-state index in [2.05, 4.69) is 29.6 Å². The van der Waals surface area contributed by atoms with Gasteiger partial charge in [-0.3, -0.25) is 9.59 Å². The van der Waals surface area contributed by atoms with E-state index in [0.717, 1.165) is 27.6 Å². The third-order valence-electron chi connectivity index (χ3n) is 6.76. The number of amides is 2. The van der Waals surface area contributed by atoms with Gasteiger partial charge < -0.3 is 19.2 Å². The van der Waals surface area contributed by atoms with Crippen LogP contribution in [0.2, 0.25) is 0 Å². The average Bonchev–Trinajstić information content (AvgIpc) is 3.58. The van der Waals surface area contributed by atoms with Gasteiger partial charge in [0.25, 0.3) is 5.91 Å². The van der Waals surface area contributed by atoms with Gasteiger partial charge in [-0.15, -0.1) is 0 Å². The molecule has 178 valence electrons. The molecule has 6 heteroatoms. The Hall–Kier alpha value is -4.58. The largest absolute Gasteiger partial charge is 0.467 e. The van der Waals surface area contributed by atoms with Gasteiger partial charge in [0.2, 0.25) is 5.91 Å². The second-order valence-electron chi connectivity index (χ2n) is 9.01. The van der Waals surface area contributed by atoms with Crippen LogP contribution in [0.15, 0.2) is 108 Å². The second-order valence-corrected chi connectivity index (χ2v) is 9.01. The van der Waals surface area contributed by atoms with Crippen LogP contribution < -0.4 is 5.32 Å². The lowest BCUT2D eigenvalue weighted by molar-refractivity contribution is -0.127. The summed E-state index contributed by atoms with van der Waals surface area (Å²) in [7, 11) is 0. The van der Waals surface area contributed by atoms with Crippen molar-refractivity contribution < 1.29 is 14.0 Å². The highest BCUT2D eigenvalue weighted by Crippen LogP contribution is 2.28. The summed E-state index contributed by atoms with van der Waals surface area (Å²) in [4.78, 5) is 28.8. The number of nitrogens with zero attached hydrogens (tertiary/aromatic N) is 2. The molecule has 5 aromatic rings. The van der Waals surface area contributed by atoms with Crippen molar-refractivity contribution in [1.82, 2.24) is 14.8 Å². The summed E-state index contributed by atoms with van der Waals surface area (Å²) in [6.45, 7) is 1.00. The zero-order valence-corrected chi connectivity index (χ0v) is 19.6. The van der Waals surface area contributed by atoms with Gasteiger partial charge in [-0.2, -0.15) is 0 Å². The molecule has 0 radical (unpaired) electrons. The van der Waals surface area contributed by atoms with E-state index in [0.29, 0.717) is 24.5 Å². The second kappa shape index (κ2) is 9.23. The van der Waals surface area contributed by atoms with Crippen LogP contribution in [0.25, 0.3) is 22.0 Å². The number of benzene rings is 3. The van der Waals surface area contributed by atoms with E-state index >= 15 is 0 Å². The molecule has 1 N–H and O–H groups in total. The standard InChI is InChI=1S/C30H25N3O3/c34-29(31-18-25-10-6-16-36-25)28-20-32-26-11-5-4-9-24(26)17-27(32)30(35)33(28)19-21-12-14-23(15-13-21)22-7-2-1-3-8-22/h1-17,28H,18-20H2,(H,31,34)/t28-/m0/s1. The number of fused-ring (bicyclic) bond motifs is 3. The molecule has 2 aromatic heterocycles. The van der Waals surface area contributed by atoms with Crippen LogP contribution in [0.1, 0.15) is 21.8 Å².